The van der Waals surface area contributed by atoms with Gasteiger partial charge in [-0.1, -0.05) is 6.07 Å². The maximum atomic E-state index is 13.1. The zero-order chi connectivity index (χ0) is 16.4. The summed E-state index contributed by atoms with van der Waals surface area (Å²) in [5, 5.41) is 12.9. The van der Waals surface area contributed by atoms with Crippen LogP contribution in [0.2, 0.25) is 0 Å². The van der Waals surface area contributed by atoms with Gasteiger partial charge in [-0.2, -0.15) is 0 Å². The van der Waals surface area contributed by atoms with Gasteiger partial charge < -0.3 is 15.3 Å². The highest BCUT2D eigenvalue weighted by Crippen LogP contribution is 2.44. The molecule has 1 saturated heterocycles. The predicted molar refractivity (Wildman–Crippen MR) is 86.8 cm³/mol. The topological polar surface area (TPSA) is 52.6 Å². The standard InChI is InChI=1S/C18H25FN2O2/c1-13-11-15(19)4-3-14(13)5-9-20-17(23)21-10-6-16(22)12-18(21)7-2-8-18/h3-4,11,16,22H,2,5-10,12H2,1H3,(H,20,23). The zero-order valence-corrected chi connectivity index (χ0v) is 13.6. The van der Waals surface area contributed by atoms with Crippen LogP contribution >= 0.6 is 0 Å². The second-order valence-electron chi connectivity index (χ2n) is 6.93. The van der Waals surface area contributed by atoms with Crippen molar-refractivity contribution in [1.82, 2.24) is 10.2 Å². The number of aryl methyl sites for hydroxylation is 1. The van der Waals surface area contributed by atoms with Crippen molar-refractivity contribution in [1.29, 1.82) is 0 Å². The highest BCUT2D eigenvalue weighted by molar-refractivity contribution is 5.75. The van der Waals surface area contributed by atoms with Crippen molar-refractivity contribution in [2.45, 2.75) is 57.1 Å². The fraction of sp³-hybridized carbons (Fsp3) is 0.611. The number of likely N-dealkylation sites (tertiary alicyclic amines) is 1. The van der Waals surface area contributed by atoms with E-state index in [1.165, 1.54) is 12.1 Å². The van der Waals surface area contributed by atoms with Gasteiger partial charge in [0.25, 0.3) is 0 Å². The van der Waals surface area contributed by atoms with Crippen LogP contribution in [0.3, 0.4) is 0 Å². The third kappa shape index (κ3) is 3.34. The molecule has 2 aliphatic rings. The molecule has 2 N–H and O–H groups in total. The van der Waals surface area contributed by atoms with Gasteiger partial charge in [0.15, 0.2) is 0 Å². The van der Waals surface area contributed by atoms with Gasteiger partial charge in [-0.25, -0.2) is 9.18 Å². The average molecular weight is 320 g/mol. The van der Waals surface area contributed by atoms with E-state index in [9.17, 15) is 14.3 Å². The van der Waals surface area contributed by atoms with Crippen molar-refractivity contribution < 1.29 is 14.3 Å². The molecule has 5 heteroatoms. The Hall–Kier alpha value is -1.62. The molecule has 0 radical (unpaired) electrons. The molecular weight excluding hydrogens is 295 g/mol. The molecule has 126 valence electrons. The van der Waals surface area contributed by atoms with Crippen LogP contribution in [0.1, 0.15) is 43.2 Å². The second kappa shape index (κ2) is 6.48. The molecule has 1 aliphatic heterocycles. The van der Waals surface area contributed by atoms with E-state index in [4.69, 9.17) is 0 Å². The summed E-state index contributed by atoms with van der Waals surface area (Å²) in [5.74, 6) is -0.228. The second-order valence-corrected chi connectivity index (χ2v) is 6.93. The summed E-state index contributed by atoms with van der Waals surface area (Å²) in [4.78, 5) is 14.4. The van der Waals surface area contributed by atoms with Gasteiger partial charge in [0, 0.05) is 18.6 Å². The molecule has 1 unspecified atom stereocenters. The Morgan fingerprint density at radius 2 is 2.26 bits per heavy atom. The fourth-order valence-corrected chi connectivity index (χ4v) is 3.88. The number of nitrogens with one attached hydrogen (secondary N) is 1. The fourth-order valence-electron chi connectivity index (χ4n) is 3.88. The van der Waals surface area contributed by atoms with Crippen molar-refractivity contribution in [3.63, 3.8) is 0 Å². The minimum absolute atomic E-state index is 0.0311. The number of halogens is 1. The quantitative estimate of drug-likeness (QED) is 0.900. The third-order valence-corrected chi connectivity index (χ3v) is 5.38. The van der Waals surface area contributed by atoms with Crippen molar-refractivity contribution in [2.75, 3.05) is 13.1 Å². The lowest BCUT2D eigenvalue weighted by atomic mass is 9.69. The summed E-state index contributed by atoms with van der Waals surface area (Å²) in [6.07, 6.45) is 4.90. The Morgan fingerprint density at radius 3 is 2.91 bits per heavy atom. The maximum absolute atomic E-state index is 13.1. The van der Waals surface area contributed by atoms with E-state index in [2.05, 4.69) is 5.32 Å². The molecule has 1 spiro atoms. The Balaban J connectivity index is 1.55. The molecule has 3 rings (SSSR count). The van der Waals surface area contributed by atoms with Crippen LogP contribution in [-0.4, -0.2) is 40.8 Å². The number of benzene rings is 1. The number of nitrogens with zero attached hydrogens (tertiary/aromatic N) is 1. The van der Waals surface area contributed by atoms with Gasteiger partial charge in [-0.05, 0) is 68.7 Å². The van der Waals surface area contributed by atoms with E-state index in [0.717, 1.165) is 30.4 Å². The predicted octanol–water partition coefficient (Wildman–Crippen LogP) is 2.77. The molecule has 23 heavy (non-hydrogen) atoms. The molecule has 1 aromatic carbocycles. The normalized spacial score (nSPS) is 22.7. The Morgan fingerprint density at radius 1 is 1.48 bits per heavy atom. The number of carbonyl (C=O) groups excluding carboxylic acids is 1. The van der Waals surface area contributed by atoms with Crippen LogP contribution in [-0.2, 0) is 6.42 Å². The van der Waals surface area contributed by atoms with Crippen LogP contribution in [0.15, 0.2) is 18.2 Å². The molecule has 1 aromatic rings. The average Bonchev–Trinajstić information content (AvgIpc) is 2.47. The first-order valence-corrected chi connectivity index (χ1v) is 8.49. The maximum Gasteiger partial charge on any atom is 0.317 e. The van der Waals surface area contributed by atoms with Crippen LogP contribution in [0.4, 0.5) is 9.18 Å². The van der Waals surface area contributed by atoms with Crippen molar-refractivity contribution in [2.24, 2.45) is 0 Å². The first-order chi connectivity index (χ1) is 11.0. The molecule has 1 saturated carbocycles. The zero-order valence-electron chi connectivity index (χ0n) is 13.6. The Bertz CT molecular complexity index is 586. The Kier molecular flexibility index (Phi) is 4.57. The molecule has 2 amide bonds. The highest BCUT2D eigenvalue weighted by Gasteiger charge is 2.48. The Labute approximate surface area is 136 Å². The van der Waals surface area contributed by atoms with E-state index in [-0.39, 0.29) is 23.5 Å². The van der Waals surface area contributed by atoms with Gasteiger partial charge in [-0.3, -0.25) is 0 Å². The lowest BCUT2D eigenvalue weighted by molar-refractivity contribution is -0.0398. The van der Waals surface area contributed by atoms with Crippen LogP contribution < -0.4 is 5.32 Å². The van der Waals surface area contributed by atoms with Gasteiger partial charge in [0.05, 0.1) is 6.10 Å². The first-order valence-electron chi connectivity index (χ1n) is 8.49. The molecule has 4 nitrogen and oxygen atoms in total. The number of aliphatic hydroxyl groups is 1. The van der Waals surface area contributed by atoms with E-state index >= 15 is 0 Å². The number of rotatable bonds is 3. The van der Waals surface area contributed by atoms with Crippen LogP contribution in [0.25, 0.3) is 0 Å². The lowest BCUT2D eigenvalue weighted by Crippen LogP contribution is -2.63. The van der Waals surface area contributed by atoms with Crippen molar-refractivity contribution in [3.8, 4) is 0 Å². The molecule has 1 aliphatic carbocycles. The molecule has 0 bridgehead atoms. The van der Waals surface area contributed by atoms with Gasteiger partial charge >= 0.3 is 6.03 Å². The van der Waals surface area contributed by atoms with Crippen LogP contribution in [0, 0.1) is 12.7 Å². The van der Waals surface area contributed by atoms with Gasteiger partial charge in [0.2, 0.25) is 0 Å². The lowest BCUT2D eigenvalue weighted by Gasteiger charge is -2.54. The molecular formula is C18H25FN2O2. The van der Waals surface area contributed by atoms with E-state index in [1.807, 2.05) is 11.8 Å². The van der Waals surface area contributed by atoms with Crippen molar-refractivity contribution in [3.05, 3.63) is 35.1 Å². The summed E-state index contributed by atoms with van der Waals surface area (Å²) < 4.78 is 13.1. The third-order valence-electron chi connectivity index (χ3n) is 5.38. The monoisotopic (exact) mass is 320 g/mol. The number of amides is 2. The molecule has 1 atom stereocenters. The van der Waals surface area contributed by atoms with Gasteiger partial charge in [-0.15, -0.1) is 0 Å². The summed E-state index contributed by atoms with van der Waals surface area (Å²) in [6.45, 7) is 3.05. The van der Waals surface area contributed by atoms with Gasteiger partial charge in [0.1, 0.15) is 5.82 Å². The van der Waals surface area contributed by atoms with Crippen molar-refractivity contribution >= 4 is 6.03 Å². The number of hydrogen-bond donors (Lipinski definition) is 2. The number of carbonyl (C=O) groups is 1. The summed E-state index contributed by atoms with van der Waals surface area (Å²) >= 11 is 0. The molecule has 0 aromatic heterocycles. The largest absolute Gasteiger partial charge is 0.393 e. The minimum atomic E-state index is -0.277. The summed E-state index contributed by atoms with van der Waals surface area (Å²) in [7, 11) is 0. The number of urea groups is 1. The first kappa shape index (κ1) is 16.2. The van der Waals surface area contributed by atoms with Crippen LogP contribution in [0.5, 0.6) is 0 Å². The minimum Gasteiger partial charge on any atom is -0.393 e. The molecule has 1 heterocycles. The SMILES string of the molecule is Cc1cc(F)ccc1CCNC(=O)N1CCC(O)CC12CCC2. The number of piperidine rings is 1. The highest BCUT2D eigenvalue weighted by atomic mass is 19.1. The molecule has 2 fully saturated rings. The van der Waals surface area contributed by atoms with E-state index in [0.29, 0.717) is 32.4 Å². The number of hydrogen-bond acceptors (Lipinski definition) is 2. The summed E-state index contributed by atoms with van der Waals surface area (Å²) in [6, 6.07) is 4.73. The summed E-state index contributed by atoms with van der Waals surface area (Å²) in [5.41, 5.74) is 1.85. The van der Waals surface area contributed by atoms with E-state index < -0.39 is 0 Å². The number of aliphatic hydroxyl groups excluding tert-OH is 1. The smallest absolute Gasteiger partial charge is 0.317 e. The van der Waals surface area contributed by atoms with E-state index in [1.54, 1.807) is 6.07 Å².